The number of nitrogen functional groups attached to an aromatic ring is 1. The Bertz CT molecular complexity index is 639. The molecule has 1 aromatic carbocycles. The lowest BCUT2D eigenvalue weighted by Crippen LogP contribution is -2.26. The summed E-state index contributed by atoms with van der Waals surface area (Å²) < 4.78 is 1.93. The van der Waals surface area contributed by atoms with Crippen LogP contribution in [-0.2, 0) is 0 Å². The molecule has 3 atom stereocenters. The van der Waals surface area contributed by atoms with Crippen LogP contribution in [0.3, 0.4) is 0 Å². The minimum absolute atomic E-state index is 0.323. The first-order chi connectivity index (χ1) is 10.1. The number of rotatable bonds is 2. The second-order valence-electron chi connectivity index (χ2n) is 6.12. The fourth-order valence-corrected chi connectivity index (χ4v) is 3.54. The number of benzene rings is 1. The zero-order chi connectivity index (χ0) is 15.0. The Morgan fingerprint density at radius 3 is 2.86 bits per heavy atom. The van der Waals surface area contributed by atoms with Crippen LogP contribution in [0.25, 0.3) is 11.4 Å². The Hall–Kier alpha value is -1.62. The molecule has 2 aromatic rings. The van der Waals surface area contributed by atoms with Gasteiger partial charge in [0.15, 0.2) is 5.82 Å². The normalized spacial score (nSPS) is 26.0. The van der Waals surface area contributed by atoms with Crippen molar-refractivity contribution < 1.29 is 0 Å². The maximum absolute atomic E-state index is 6.32. The van der Waals surface area contributed by atoms with Crippen molar-refractivity contribution in [3.63, 3.8) is 0 Å². The molecule has 0 saturated heterocycles. The predicted octanol–water partition coefficient (Wildman–Crippen LogP) is 3.57. The SMILES string of the molecule is CC1CCC(n2nnnc2-c2cccc(N)c2Cl)C(C)C1. The van der Waals surface area contributed by atoms with Gasteiger partial charge in [-0.1, -0.05) is 31.5 Å². The van der Waals surface area contributed by atoms with Gasteiger partial charge in [0.05, 0.1) is 16.8 Å². The average Bonchev–Trinajstić information content (AvgIpc) is 2.91. The molecular formula is C15H20ClN5. The van der Waals surface area contributed by atoms with Crippen molar-refractivity contribution in [2.24, 2.45) is 11.8 Å². The number of hydrogen-bond donors (Lipinski definition) is 1. The Balaban J connectivity index is 2.00. The van der Waals surface area contributed by atoms with Gasteiger partial charge in [0.1, 0.15) is 0 Å². The quantitative estimate of drug-likeness (QED) is 0.861. The molecular weight excluding hydrogens is 286 g/mol. The van der Waals surface area contributed by atoms with E-state index in [0.717, 1.165) is 17.9 Å². The van der Waals surface area contributed by atoms with Crippen LogP contribution < -0.4 is 5.73 Å². The molecule has 1 saturated carbocycles. The summed E-state index contributed by atoms with van der Waals surface area (Å²) in [6.45, 7) is 4.58. The van der Waals surface area contributed by atoms with E-state index in [4.69, 9.17) is 17.3 Å². The first-order valence-corrected chi connectivity index (χ1v) is 7.78. The Morgan fingerprint density at radius 1 is 1.29 bits per heavy atom. The third kappa shape index (κ3) is 2.62. The third-order valence-electron chi connectivity index (χ3n) is 4.46. The summed E-state index contributed by atoms with van der Waals surface area (Å²) in [7, 11) is 0. The molecule has 0 aliphatic heterocycles. The number of halogens is 1. The predicted molar refractivity (Wildman–Crippen MR) is 83.9 cm³/mol. The van der Waals surface area contributed by atoms with E-state index in [0.29, 0.717) is 28.5 Å². The smallest absolute Gasteiger partial charge is 0.183 e. The van der Waals surface area contributed by atoms with Crippen molar-refractivity contribution >= 4 is 17.3 Å². The highest BCUT2D eigenvalue weighted by atomic mass is 35.5. The van der Waals surface area contributed by atoms with Gasteiger partial charge in [0.25, 0.3) is 0 Å². The fourth-order valence-electron chi connectivity index (χ4n) is 3.33. The Labute approximate surface area is 129 Å². The highest BCUT2D eigenvalue weighted by molar-refractivity contribution is 6.35. The lowest BCUT2D eigenvalue weighted by molar-refractivity contribution is 0.194. The van der Waals surface area contributed by atoms with Crippen LogP contribution in [0.15, 0.2) is 18.2 Å². The molecule has 1 heterocycles. The van der Waals surface area contributed by atoms with Crippen LogP contribution >= 0.6 is 11.6 Å². The molecule has 0 spiro atoms. The molecule has 1 fully saturated rings. The first kappa shape index (κ1) is 14.3. The van der Waals surface area contributed by atoms with Crippen LogP contribution in [0.2, 0.25) is 5.02 Å². The van der Waals surface area contributed by atoms with Gasteiger partial charge in [-0.3, -0.25) is 0 Å². The van der Waals surface area contributed by atoms with Crippen molar-refractivity contribution in [1.29, 1.82) is 0 Å². The number of anilines is 1. The second-order valence-corrected chi connectivity index (χ2v) is 6.50. The van der Waals surface area contributed by atoms with Gasteiger partial charge in [-0.05, 0) is 53.7 Å². The topological polar surface area (TPSA) is 69.6 Å². The largest absolute Gasteiger partial charge is 0.398 e. The summed E-state index contributed by atoms with van der Waals surface area (Å²) in [5, 5.41) is 12.8. The summed E-state index contributed by atoms with van der Waals surface area (Å²) in [6, 6.07) is 5.90. The van der Waals surface area contributed by atoms with E-state index < -0.39 is 0 Å². The van der Waals surface area contributed by atoms with Crippen LogP contribution in [0.5, 0.6) is 0 Å². The van der Waals surface area contributed by atoms with Crippen LogP contribution in [0.1, 0.15) is 39.2 Å². The fraction of sp³-hybridized carbons (Fsp3) is 0.533. The monoisotopic (exact) mass is 305 g/mol. The first-order valence-electron chi connectivity index (χ1n) is 7.40. The molecule has 3 unspecified atom stereocenters. The van der Waals surface area contributed by atoms with Gasteiger partial charge in [-0.2, -0.15) is 0 Å². The lowest BCUT2D eigenvalue weighted by Gasteiger charge is -2.32. The third-order valence-corrected chi connectivity index (χ3v) is 4.88. The Morgan fingerprint density at radius 2 is 2.10 bits per heavy atom. The van der Waals surface area contributed by atoms with E-state index in [-0.39, 0.29) is 0 Å². The highest BCUT2D eigenvalue weighted by Crippen LogP contribution is 2.39. The Kier molecular flexibility index (Phi) is 3.85. The van der Waals surface area contributed by atoms with Crippen molar-refractivity contribution in [2.45, 2.75) is 39.2 Å². The minimum Gasteiger partial charge on any atom is -0.398 e. The zero-order valence-electron chi connectivity index (χ0n) is 12.3. The van der Waals surface area contributed by atoms with Crippen molar-refractivity contribution in [1.82, 2.24) is 20.2 Å². The standard InChI is InChI=1S/C15H20ClN5/c1-9-6-7-13(10(2)8-9)21-15(18-19-20-21)11-4-3-5-12(17)14(11)16/h3-5,9-10,13H,6-8,17H2,1-2H3. The zero-order valence-corrected chi connectivity index (χ0v) is 13.1. The van der Waals surface area contributed by atoms with Crippen molar-refractivity contribution in [2.75, 3.05) is 5.73 Å². The second kappa shape index (κ2) is 5.64. The van der Waals surface area contributed by atoms with Gasteiger partial charge in [0.2, 0.25) is 0 Å². The molecule has 3 rings (SSSR count). The molecule has 0 amide bonds. The maximum atomic E-state index is 6.32. The highest BCUT2D eigenvalue weighted by Gasteiger charge is 2.30. The number of tetrazole rings is 1. The molecule has 6 heteroatoms. The molecule has 0 bridgehead atoms. The van der Waals surface area contributed by atoms with Gasteiger partial charge < -0.3 is 5.73 Å². The van der Waals surface area contributed by atoms with Crippen LogP contribution in [-0.4, -0.2) is 20.2 Å². The van der Waals surface area contributed by atoms with Gasteiger partial charge in [-0.25, -0.2) is 4.68 Å². The number of aromatic nitrogens is 4. The maximum Gasteiger partial charge on any atom is 0.183 e. The summed E-state index contributed by atoms with van der Waals surface area (Å²) in [5.41, 5.74) is 7.24. The molecule has 112 valence electrons. The van der Waals surface area contributed by atoms with Gasteiger partial charge >= 0.3 is 0 Å². The van der Waals surface area contributed by atoms with E-state index in [2.05, 4.69) is 29.4 Å². The van der Waals surface area contributed by atoms with Gasteiger partial charge in [-0.15, -0.1) is 5.10 Å². The molecule has 1 aromatic heterocycles. The van der Waals surface area contributed by atoms with Crippen molar-refractivity contribution in [3.8, 4) is 11.4 Å². The van der Waals surface area contributed by atoms with Crippen LogP contribution in [0, 0.1) is 11.8 Å². The lowest BCUT2D eigenvalue weighted by atomic mass is 9.80. The summed E-state index contributed by atoms with van der Waals surface area (Å²) in [6.07, 6.45) is 3.51. The molecule has 0 radical (unpaired) electrons. The van der Waals surface area contributed by atoms with E-state index >= 15 is 0 Å². The van der Waals surface area contributed by atoms with E-state index in [1.54, 1.807) is 6.07 Å². The molecule has 1 aliphatic rings. The van der Waals surface area contributed by atoms with Crippen molar-refractivity contribution in [3.05, 3.63) is 23.2 Å². The summed E-state index contributed by atoms with van der Waals surface area (Å²) in [4.78, 5) is 0. The van der Waals surface area contributed by atoms with E-state index in [1.807, 2.05) is 16.8 Å². The van der Waals surface area contributed by atoms with Crippen LogP contribution in [0.4, 0.5) is 5.69 Å². The molecule has 5 nitrogen and oxygen atoms in total. The molecule has 1 aliphatic carbocycles. The number of nitrogens with two attached hydrogens (primary N) is 1. The molecule has 2 N–H and O–H groups in total. The van der Waals surface area contributed by atoms with Gasteiger partial charge in [0, 0.05) is 5.56 Å². The average molecular weight is 306 g/mol. The number of hydrogen-bond acceptors (Lipinski definition) is 4. The van der Waals surface area contributed by atoms with E-state index in [1.165, 1.54) is 12.8 Å². The minimum atomic E-state index is 0.323. The number of nitrogens with zero attached hydrogens (tertiary/aromatic N) is 4. The summed E-state index contributed by atoms with van der Waals surface area (Å²) in [5.74, 6) is 2.03. The molecule has 21 heavy (non-hydrogen) atoms. The summed E-state index contributed by atoms with van der Waals surface area (Å²) >= 11 is 6.32. The van der Waals surface area contributed by atoms with E-state index in [9.17, 15) is 0 Å².